The largest absolute Gasteiger partial charge is 0.468 e. The van der Waals surface area contributed by atoms with Gasteiger partial charge in [-0.15, -0.1) is 0 Å². The maximum absolute atomic E-state index is 11.8. The zero-order valence-electron chi connectivity index (χ0n) is 10.5. The molecule has 6 heteroatoms. The number of halogens is 1. The zero-order valence-corrected chi connectivity index (χ0v) is 12.1. The molecule has 5 nitrogen and oxygen atoms in total. The molecule has 0 amide bonds. The normalized spacial score (nSPS) is 14.7. The van der Waals surface area contributed by atoms with E-state index in [4.69, 9.17) is 4.74 Å². The van der Waals surface area contributed by atoms with Crippen molar-refractivity contribution < 1.29 is 9.53 Å². The monoisotopic (exact) mass is 303 g/mol. The Morgan fingerprint density at radius 1 is 1.71 bits per heavy atom. The molecule has 0 saturated carbocycles. The van der Waals surface area contributed by atoms with Crippen LogP contribution in [0.4, 0.5) is 0 Å². The van der Waals surface area contributed by atoms with Crippen LogP contribution in [0.15, 0.2) is 16.9 Å². The fourth-order valence-corrected chi connectivity index (χ4v) is 2.11. The summed E-state index contributed by atoms with van der Waals surface area (Å²) < 4.78 is 7.43. The number of methoxy groups -OCH3 is 1. The van der Waals surface area contributed by atoms with E-state index in [1.165, 1.54) is 7.11 Å². The number of hydrogen-bond donors (Lipinski definition) is 1. The van der Waals surface area contributed by atoms with Gasteiger partial charge in [-0.1, -0.05) is 0 Å². The van der Waals surface area contributed by atoms with Gasteiger partial charge in [0.2, 0.25) is 0 Å². The number of ether oxygens (including phenoxy) is 1. The summed E-state index contributed by atoms with van der Waals surface area (Å²) in [7, 11) is 1.39. The van der Waals surface area contributed by atoms with E-state index in [0.29, 0.717) is 6.54 Å². The third-order valence-corrected chi connectivity index (χ3v) is 2.73. The van der Waals surface area contributed by atoms with Crippen molar-refractivity contribution in [1.29, 1.82) is 0 Å². The summed E-state index contributed by atoms with van der Waals surface area (Å²) in [4.78, 5) is 11.8. The van der Waals surface area contributed by atoms with Gasteiger partial charge in [-0.3, -0.25) is 10.00 Å². The predicted octanol–water partition coefficient (Wildman–Crippen LogP) is 1.58. The first-order valence-corrected chi connectivity index (χ1v) is 6.21. The highest BCUT2D eigenvalue weighted by Crippen LogP contribution is 2.14. The van der Waals surface area contributed by atoms with Crippen molar-refractivity contribution in [2.75, 3.05) is 7.11 Å². The van der Waals surface area contributed by atoms with Crippen LogP contribution >= 0.6 is 15.9 Å². The molecule has 0 radical (unpaired) electrons. The van der Waals surface area contributed by atoms with Gasteiger partial charge in [0.25, 0.3) is 0 Å². The molecule has 0 saturated heterocycles. The fourth-order valence-electron chi connectivity index (χ4n) is 1.78. The molecule has 1 unspecified atom stereocenters. The number of carbonyl (C=O) groups excluding carboxylic acids is 1. The minimum Gasteiger partial charge on any atom is -0.468 e. The summed E-state index contributed by atoms with van der Waals surface area (Å²) in [5.74, 6) is -0.294. The SMILES string of the molecule is COC(=O)C(C)(Cn1cc(Br)cn1)NC(C)C. The first kappa shape index (κ1) is 14.2. The first-order chi connectivity index (χ1) is 7.87. The standard InChI is InChI=1S/C11H18BrN3O2/c1-8(2)14-11(3,10(16)17-4)7-15-6-9(12)5-13-15/h5-6,8,14H,7H2,1-4H3. The van der Waals surface area contributed by atoms with Crippen LogP contribution in [0.5, 0.6) is 0 Å². The summed E-state index contributed by atoms with van der Waals surface area (Å²) in [6.07, 6.45) is 3.51. The van der Waals surface area contributed by atoms with Gasteiger partial charge in [0.1, 0.15) is 5.54 Å². The number of rotatable bonds is 5. The molecule has 0 aliphatic heterocycles. The van der Waals surface area contributed by atoms with Crippen molar-refractivity contribution in [1.82, 2.24) is 15.1 Å². The van der Waals surface area contributed by atoms with Gasteiger partial charge >= 0.3 is 5.97 Å². The Balaban J connectivity index is 2.87. The average molecular weight is 304 g/mol. The predicted molar refractivity (Wildman–Crippen MR) is 68.6 cm³/mol. The third-order valence-electron chi connectivity index (χ3n) is 2.32. The lowest BCUT2D eigenvalue weighted by molar-refractivity contribution is -0.149. The van der Waals surface area contributed by atoms with Gasteiger partial charge in [0.05, 0.1) is 24.3 Å². The van der Waals surface area contributed by atoms with Crippen molar-refractivity contribution in [2.45, 2.75) is 38.9 Å². The molecular formula is C11H18BrN3O2. The fraction of sp³-hybridized carbons (Fsp3) is 0.636. The minimum absolute atomic E-state index is 0.179. The summed E-state index contributed by atoms with van der Waals surface area (Å²) in [5, 5.41) is 7.36. The highest BCUT2D eigenvalue weighted by Gasteiger charge is 2.35. The van der Waals surface area contributed by atoms with E-state index in [0.717, 1.165) is 4.47 Å². The quantitative estimate of drug-likeness (QED) is 0.839. The summed E-state index contributed by atoms with van der Waals surface area (Å²) >= 11 is 3.32. The Labute approximate surface area is 110 Å². The summed E-state index contributed by atoms with van der Waals surface area (Å²) in [6, 6.07) is 0.179. The molecular weight excluding hydrogens is 286 g/mol. The Morgan fingerprint density at radius 2 is 2.35 bits per heavy atom. The summed E-state index contributed by atoms with van der Waals surface area (Å²) in [5.41, 5.74) is -0.783. The lowest BCUT2D eigenvalue weighted by Gasteiger charge is -2.30. The van der Waals surface area contributed by atoms with Gasteiger partial charge < -0.3 is 4.74 Å². The highest BCUT2D eigenvalue weighted by atomic mass is 79.9. The number of nitrogens with one attached hydrogen (secondary N) is 1. The van der Waals surface area contributed by atoms with Crippen LogP contribution in [0, 0.1) is 0 Å². The molecule has 96 valence electrons. The zero-order chi connectivity index (χ0) is 13.1. The van der Waals surface area contributed by atoms with E-state index in [1.54, 1.807) is 10.9 Å². The van der Waals surface area contributed by atoms with E-state index in [1.807, 2.05) is 27.0 Å². The Morgan fingerprint density at radius 3 is 2.76 bits per heavy atom. The number of esters is 1. The van der Waals surface area contributed by atoms with Gasteiger partial charge in [-0.2, -0.15) is 5.10 Å². The number of carbonyl (C=O) groups is 1. The molecule has 1 aromatic heterocycles. The molecule has 0 aliphatic carbocycles. The second kappa shape index (κ2) is 5.64. The second-order valence-electron chi connectivity index (χ2n) is 4.48. The molecule has 17 heavy (non-hydrogen) atoms. The van der Waals surface area contributed by atoms with Crippen molar-refractivity contribution in [2.24, 2.45) is 0 Å². The van der Waals surface area contributed by atoms with Crippen molar-refractivity contribution in [3.8, 4) is 0 Å². The minimum atomic E-state index is -0.783. The third kappa shape index (κ3) is 3.81. The molecule has 0 aliphatic rings. The topological polar surface area (TPSA) is 56.2 Å². The van der Waals surface area contributed by atoms with E-state index in [-0.39, 0.29) is 12.0 Å². The van der Waals surface area contributed by atoms with Crippen LogP contribution < -0.4 is 5.32 Å². The molecule has 0 fully saturated rings. The Hall–Kier alpha value is -0.880. The number of nitrogens with zero attached hydrogens (tertiary/aromatic N) is 2. The smallest absolute Gasteiger partial charge is 0.327 e. The molecule has 1 rings (SSSR count). The van der Waals surface area contributed by atoms with Crippen LogP contribution in [0.1, 0.15) is 20.8 Å². The van der Waals surface area contributed by atoms with Crippen molar-refractivity contribution in [3.63, 3.8) is 0 Å². The Bertz CT molecular complexity index is 392. The maximum atomic E-state index is 11.8. The van der Waals surface area contributed by atoms with Crippen LogP contribution in [-0.4, -0.2) is 34.4 Å². The lowest BCUT2D eigenvalue weighted by Crippen LogP contribution is -2.55. The van der Waals surface area contributed by atoms with Crippen LogP contribution in [0.2, 0.25) is 0 Å². The molecule has 1 heterocycles. The van der Waals surface area contributed by atoms with Crippen LogP contribution in [0.3, 0.4) is 0 Å². The Kier molecular flexibility index (Phi) is 4.70. The van der Waals surface area contributed by atoms with Gasteiger partial charge in [-0.05, 0) is 36.7 Å². The van der Waals surface area contributed by atoms with E-state index >= 15 is 0 Å². The molecule has 1 aromatic rings. The maximum Gasteiger partial charge on any atom is 0.327 e. The highest BCUT2D eigenvalue weighted by molar-refractivity contribution is 9.10. The van der Waals surface area contributed by atoms with E-state index in [2.05, 4.69) is 26.3 Å². The van der Waals surface area contributed by atoms with Gasteiger partial charge in [0, 0.05) is 12.2 Å². The average Bonchev–Trinajstić information content (AvgIpc) is 2.61. The lowest BCUT2D eigenvalue weighted by atomic mass is 10.0. The van der Waals surface area contributed by atoms with Gasteiger partial charge in [0.15, 0.2) is 0 Å². The van der Waals surface area contributed by atoms with E-state index < -0.39 is 5.54 Å². The van der Waals surface area contributed by atoms with Crippen LogP contribution in [0.25, 0.3) is 0 Å². The molecule has 0 spiro atoms. The number of hydrogen-bond acceptors (Lipinski definition) is 4. The second-order valence-corrected chi connectivity index (χ2v) is 5.39. The molecule has 1 atom stereocenters. The van der Waals surface area contributed by atoms with Crippen molar-refractivity contribution >= 4 is 21.9 Å². The first-order valence-electron chi connectivity index (χ1n) is 5.41. The summed E-state index contributed by atoms with van der Waals surface area (Å²) in [6.45, 7) is 6.21. The molecule has 0 aromatic carbocycles. The molecule has 0 bridgehead atoms. The van der Waals surface area contributed by atoms with E-state index in [9.17, 15) is 4.79 Å². The van der Waals surface area contributed by atoms with Gasteiger partial charge in [-0.25, -0.2) is 4.79 Å². The number of aromatic nitrogens is 2. The molecule has 1 N–H and O–H groups in total. The van der Waals surface area contributed by atoms with Crippen molar-refractivity contribution in [3.05, 3.63) is 16.9 Å². The van der Waals surface area contributed by atoms with Crippen LogP contribution in [-0.2, 0) is 16.1 Å².